The lowest BCUT2D eigenvalue weighted by Gasteiger charge is -2.06. The molecule has 0 aliphatic heterocycles. The number of hydrogen-bond acceptors (Lipinski definition) is 6. The molecule has 0 radical (unpaired) electrons. The predicted molar refractivity (Wildman–Crippen MR) is 75.4 cm³/mol. The van der Waals surface area contributed by atoms with E-state index in [9.17, 15) is 0 Å². The third kappa shape index (κ3) is 2.64. The molecule has 0 spiro atoms. The normalized spacial score (nSPS) is 10.4. The molecular formula is C14H13N5O. The number of benzene rings is 1. The van der Waals surface area contributed by atoms with Crippen LogP contribution in [0.25, 0.3) is 11.0 Å². The quantitative estimate of drug-likeness (QED) is 0.779. The van der Waals surface area contributed by atoms with Crippen molar-refractivity contribution < 1.29 is 4.74 Å². The summed E-state index contributed by atoms with van der Waals surface area (Å²) in [5, 5.41) is 11.3. The van der Waals surface area contributed by atoms with Crippen LogP contribution in [0.3, 0.4) is 0 Å². The number of rotatable bonds is 4. The molecule has 2 heterocycles. The molecule has 1 aromatic carbocycles. The van der Waals surface area contributed by atoms with Gasteiger partial charge in [-0.2, -0.15) is 0 Å². The minimum absolute atomic E-state index is 0.500. The molecule has 3 rings (SSSR count). The Morgan fingerprint density at radius 2 is 1.95 bits per heavy atom. The second kappa shape index (κ2) is 5.48. The van der Waals surface area contributed by atoms with E-state index in [1.807, 2.05) is 36.4 Å². The van der Waals surface area contributed by atoms with Gasteiger partial charge in [0.05, 0.1) is 12.6 Å². The Hall–Kier alpha value is -2.76. The van der Waals surface area contributed by atoms with Crippen LogP contribution in [0.1, 0.15) is 5.56 Å². The van der Waals surface area contributed by atoms with Crippen molar-refractivity contribution in [3.63, 3.8) is 0 Å². The number of hydrogen-bond donors (Lipinski definition) is 1. The van der Waals surface area contributed by atoms with E-state index in [-0.39, 0.29) is 0 Å². The zero-order valence-corrected chi connectivity index (χ0v) is 10.9. The lowest BCUT2D eigenvalue weighted by atomic mass is 10.2. The predicted octanol–water partition coefficient (Wildman–Crippen LogP) is 2.04. The van der Waals surface area contributed by atoms with Crippen molar-refractivity contribution in [2.75, 3.05) is 12.4 Å². The minimum atomic E-state index is 0.500. The van der Waals surface area contributed by atoms with Crippen LogP contribution in [0.4, 0.5) is 5.95 Å². The van der Waals surface area contributed by atoms with Crippen LogP contribution in [0.15, 0.2) is 42.6 Å². The summed E-state index contributed by atoms with van der Waals surface area (Å²) in [6.45, 7) is 0.582. The average molecular weight is 267 g/mol. The molecule has 0 saturated carbocycles. The standard InChI is InChI=1S/C14H13N5O/c1-20-13-8-10(6-7-15-13)9-16-14-17-11-4-2-3-5-12(11)18-19-14/h2-8H,9H2,1H3,(H,16,17,19). The van der Waals surface area contributed by atoms with Crippen molar-refractivity contribution in [3.05, 3.63) is 48.2 Å². The fraction of sp³-hybridized carbons (Fsp3) is 0.143. The Bertz CT molecular complexity index is 731. The Morgan fingerprint density at radius 1 is 1.10 bits per heavy atom. The number of para-hydroxylation sites is 1. The number of aromatic nitrogens is 4. The molecule has 0 unspecified atom stereocenters. The second-order valence-electron chi connectivity index (χ2n) is 4.18. The fourth-order valence-corrected chi connectivity index (χ4v) is 1.81. The Kier molecular flexibility index (Phi) is 3.36. The van der Waals surface area contributed by atoms with Crippen LogP contribution >= 0.6 is 0 Å². The maximum atomic E-state index is 5.08. The van der Waals surface area contributed by atoms with Crippen molar-refractivity contribution in [1.82, 2.24) is 20.2 Å². The molecule has 3 aromatic rings. The summed E-state index contributed by atoms with van der Waals surface area (Å²) in [7, 11) is 1.59. The molecule has 0 saturated heterocycles. The van der Waals surface area contributed by atoms with Crippen molar-refractivity contribution in [3.8, 4) is 5.88 Å². The topological polar surface area (TPSA) is 72.8 Å². The van der Waals surface area contributed by atoms with E-state index >= 15 is 0 Å². The van der Waals surface area contributed by atoms with E-state index in [1.165, 1.54) is 0 Å². The lowest BCUT2D eigenvalue weighted by molar-refractivity contribution is 0.397. The van der Waals surface area contributed by atoms with Crippen molar-refractivity contribution >= 4 is 17.0 Å². The Labute approximate surface area is 115 Å². The summed E-state index contributed by atoms with van der Waals surface area (Å²) < 4.78 is 5.08. The third-order valence-corrected chi connectivity index (χ3v) is 2.82. The summed E-state index contributed by atoms with van der Waals surface area (Å²) in [5.41, 5.74) is 2.63. The van der Waals surface area contributed by atoms with Gasteiger partial charge in [-0.05, 0) is 23.8 Å². The van der Waals surface area contributed by atoms with Crippen LogP contribution < -0.4 is 10.1 Å². The van der Waals surface area contributed by atoms with Gasteiger partial charge in [0.15, 0.2) is 0 Å². The molecule has 0 atom stereocenters. The number of methoxy groups -OCH3 is 1. The molecular weight excluding hydrogens is 254 g/mol. The molecule has 0 bridgehead atoms. The maximum absolute atomic E-state index is 5.08. The highest BCUT2D eigenvalue weighted by Gasteiger charge is 2.02. The van der Waals surface area contributed by atoms with Crippen molar-refractivity contribution in [2.45, 2.75) is 6.54 Å². The Morgan fingerprint density at radius 3 is 2.80 bits per heavy atom. The van der Waals surface area contributed by atoms with Gasteiger partial charge in [0, 0.05) is 18.8 Å². The van der Waals surface area contributed by atoms with Gasteiger partial charge in [0.2, 0.25) is 11.8 Å². The zero-order valence-electron chi connectivity index (χ0n) is 10.9. The van der Waals surface area contributed by atoms with E-state index in [1.54, 1.807) is 13.3 Å². The molecule has 2 aromatic heterocycles. The van der Waals surface area contributed by atoms with Crippen LogP contribution in [0.5, 0.6) is 5.88 Å². The molecule has 1 N–H and O–H groups in total. The first-order valence-corrected chi connectivity index (χ1v) is 6.17. The number of nitrogens with one attached hydrogen (secondary N) is 1. The van der Waals surface area contributed by atoms with Crippen LogP contribution in [0.2, 0.25) is 0 Å². The fourth-order valence-electron chi connectivity index (χ4n) is 1.81. The van der Waals surface area contributed by atoms with Gasteiger partial charge in [-0.1, -0.05) is 12.1 Å². The molecule has 0 aliphatic carbocycles. The number of fused-ring (bicyclic) bond motifs is 1. The van der Waals surface area contributed by atoms with Gasteiger partial charge >= 0.3 is 0 Å². The van der Waals surface area contributed by atoms with Gasteiger partial charge < -0.3 is 10.1 Å². The number of nitrogens with zero attached hydrogens (tertiary/aromatic N) is 4. The smallest absolute Gasteiger partial charge is 0.243 e. The molecule has 0 amide bonds. The van der Waals surface area contributed by atoms with Gasteiger partial charge in [-0.25, -0.2) is 9.97 Å². The van der Waals surface area contributed by atoms with Gasteiger partial charge in [-0.3, -0.25) is 0 Å². The summed E-state index contributed by atoms with van der Waals surface area (Å²) in [6.07, 6.45) is 1.70. The number of ether oxygens (including phenoxy) is 1. The highest BCUT2D eigenvalue weighted by atomic mass is 16.5. The largest absolute Gasteiger partial charge is 0.481 e. The molecule has 20 heavy (non-hydrogen) atoms. The van der Waals surface area contributed by atoms with Gasteiger partial charge in [-0.15, -0.1) is 10.2 Å². The highest BCUT2D eigenvalue weighted by molar-refractivity contribution is 5.74. The number of anilines is 1. The molecule has 6 nitrogen and oxygen atoms in total. The molecule has 0 aliphatic rings. The molecule has 6 heteroatoms. The number of pyridine rings is 1. The molecule has 100 valence electrons. The van der Waals surface area contributed by atoms with E-state index in [0.29, 0.717) is 18.4 Å². The zero-order chi connectivity index (χ0) is 13.8. The van der Waals surface area contributed by atoms with Crippen LogP contribution in [-0.2, 0) is 6.54 Å². The van der Waals surface area contributed by atoms with Gasteiger partial charge in [0.25, 0.3) is 0 Å². The SMILES string of the molecule is COc1cc(CNc2nnc3ccccc3n2)ccn1. The summed E-state index contributed by atoms with van der Waals surface area (Å²) in [6, 6.07) is 11.4. The first-order valence-electron chi connectivity index (χ1n) is 6.17. The van der Waals surface area contributed by atoms with Crippen LogP contribution in [0, 0.1) is 0 Å². The summed E-state index contributed by atoms with van der Waals surface area (Å²) >= 11 is 0. The highest BCUT2D eigenvalue weighted by Crippen LogP contribution is 2.12. The summed E-state index contributed by atoms with van der Waals surface area (Å²) in [5.74, 6) is 1.08. The van der Waals surface area contributed by atoms with Gasteiger partial charge in [0.1, 0.15) is 5.52 Å². The van der Waals surface area contributed by atoms with E-state index in [0.717, 1.165) is 16.6 Å². The first kappa shape index (κ1) is 12.3. The monoisotopic (exact) mass is 267 g/mol. The lowest BCUT2D eigenvalue weighted by Crippen LogP contribution is -2.05. The van der Waals surface area contributed by atoms with E-state index in [2.05, 4.69) is 25.5 Å². The second-order valence-corrected chi connectivity index (χ2v) is 4.18. The van der Waals surface area contributed by atoms with Crippen LogP contribution in [-0.4, -0.2) is 27.3 Å². The summed E-state index contributed by atoms with van der Waals surface area (Å²) in [4.78, 5) is 8.46. The average Bonchev–Trinajstić information content (AvgIpc) is 2.53. The van der Waals surface area contributed by atoms with E-state index in [4.69, 9.17) is 4.74 Å². The minimum Gasteiger partial charge on any atom is -0.481 e. The maximum Gasteiger partial charge on any atom is 0.243 e. The van der Waals surface area contributed by atoms with Crippen molar-refractivity contribution in [2.24, 2.45) is 0 Å². The Balaban J connectivity index is 1.76. The molecule has 0 fully saturated rings. The van der Waals surface area contributed by atoms with Crippen molar-refractivity contribution in [1.29, 1.82) is 0 Å². The first-order chi connectivity index (χ1) is 9.85. The van der Waals surface area contributed by atoms with E-state index < -0.39 is 0 Å². The third-order valence-electron chi connectivity index (χ3n) is 2.82.